The predicted octanol–water partition coefficient (Wildman–Crippen LogP) is 1.50. The first kappa shape index (κ1) is 17.3. The van der Waals surface area contributed by atoms with Crippen LogP contribution in [0.2, 0.25) is 0 Å². The molecule has 0 bridgehead atoms. The van der Waals surface area contributed by atoms with Gasteiger partial charge in [0, 0.05) is 31.9 Å². The van der Waals surface area contributed by atoms with Gasteiger partial charge in [0.05, 0.1) is 11.5 Å². The van der Waals surface area contributed by atoms with Crippen LogP contribution in [0.15, 0.2) is 42.7 Å². The van der Waals surface area contributed by atoms with Crippen molar-refractivity contribution in [2.75, 3.05) is 30.5 Å². The summed E-state index contributed by atoms with van der Waals surface area (Å²) in [7, 11) is 0.433. The fourth-order valence-electron chi connectivity index (χ4n) is 2.86. The van der Waals surface area contributed by atoms with Crippen LogP contribution >= 0.6 is 0 Å². The van der Waals surface area contributed by atoms with Gasteiger partial charge in [0.15, 0.2) is 9.84 Å². The van der Waals surface area contributed by atoms with Crippen LogP contribution in [0.5, 0.6) is 0 Å². The molecule has 1 saturated heterocycles. The molecule has 1 amide bonds. The number of sulfone groups is 1. The molecule has 8 heteroatoms. The monoisotopic (exact) mass is 360 g/mol. The first-order valence-corrected chi connectivity index (χ1v) is 9.78. The summed E-state index contributed by atoms with van der Waals surface area (Å²) in [6, 6.07) is 11.0. The van der Waals surface area contributed by atoms with Crippen LogP contribution in [0.3, 0.4) is 0 Å². The quantitative estimate of drug-likeness (QED) is 0.822. The zero-order valence-corrected chi connectivity index (χ0v) is 15.0. The summed E-state index contributed by atoms with van der Waals surface area (Å²) in [6.45, 7) is 0. The van der Waals surface area contributed by atoms with Crippen LogP contribution in [0.25, 0.3) is 0 Å². The number of carbonyl (C=O) groups is 1. The third-order valence-corrected chi connectivity index (χ3v) is 6.19. The number of nitrogens with zero attached hydrogens (tertiary/aromatic N) is 4. The number of hydrogen-bond donors (Lipinski definition) is 0. The van der Waals surface area contributed by atoms with E-state index >= 15 is 0 Å². The molecule has 3 rings (SSSR count). The highest BCUT2D eigenvalue weighted by Crippen LogP contribution is 2.22. The van der Waals surface area contributed by atoms with E-state index < -0.39 is 9.84 Å². The van der Waals surface area contributed by atoms with Crippen molar-refractivity contribution in [1.82, 2.24) is 14.9 Å². The molecule has 25 heavy (non-hydrogen) atoms. The third kappa shape index (κ3) is 3.79. The highest BCUT2D eigenvalue weighted by Gasteiger charge is 2.33. The van der Waals surface area contributed by atoms with Gasteiger partial charge in [0.1, 0.15) is 17.8 Å². The predicted molar refractivity (Wildman–Crippen MR) is 95.7 cm³/mol. The summed E-state index contributed by atoms with van der Waals surface area (Å²) in [5.74, 6) is 0.433. The summed E-state index contributed by atoms with van der Waals surface area (Å²) in [5.41, 5.74) is 1.19. The molecule has 1 aromatic carbocycles. The normalized spacial score (nSPS) is 18.7. The van der Waals surface area contributed by atoms with E-state index in [2.05, 4.69) is 9.97 Å². The lowest BCUT2D eigenvalue weighted by atomic mass is 10.2. The van der Waals surface area contributed by atoms with Gasteiger partial charge in [0.2, 0.25) is 0 Å². The van der Waals surface area contributed by atoms with Gasteiger partial charge in [-0.3, -0.25) is 4.79 Å². The molecule has 2 aromatic rings. The number of benzene rings is 1. The van der Waals surface area contributed by atoms with E-state index in [0.717, 1.165) is 5.69 Å². The average molecular weight is 360 g/mol. The van der Waals surface area contributed by atoms with Crippen LogP contribution < -0.4 is 4.90 Å². The molecular weight excluding hydrogens is 340 g/mol. The number of aromatic nitrogens is 2. The Balaban J connectivity index is 1.80. The Kier molecular flexibility index (Phi) is 4.71. The van der Waals surface area contributed by atoms with Gasteiger partial charge in [-0.2, -0.15) is 0 Å². The molecule has 1 atom stereocenters. The Morgan fingerprint density at radius 3 is 2.52 bits per heavy atom. The second kappa shape index (κ2) is 6.79. The average Bonchev–Trinajstić information content (AvgIpc) is 3.00. The molecule has 1 aliphatic rings. The standard InChI is InChI=1S/C17H20N4O3S/c1-20(13-6-4-3-5-7-13)16-10-15(18-12-19-16)17(22)21(2)14-8-9-25(23,24)11-14/h3-7,10,12,14H,8-9,11H2,1-2H3. The highest BCUT2D eigenvalue weighted by molar-refractivity contribution is 7.91. The second-order valence-electron chi connectivity index (χ2n) is 6.13. The Morgan fingerprint density at radius 2 is 1.88 bits per heavy atom. The van der Waals surface area contributed by atoms with Gasteiger partial charge in [-0.1, -0.05) is 18.2 Å². The lowest BCUT2D eigenvalue weighted by Gasteiger charge is -2.23. The van der Waals surface area contributed by atoms with Gasteiger partial charge in [0.25, 0.3) is 5.91 Å². The summed E-state index contributed by atoms with van der Waals surface area (Å²) in [4.78, 5) is 24.3. The van der Waals surface area contributed by atoms with E-state index in [4.69, 9.17) is 0 Å². The lowest BCUT2D eigenvalue weighted by Crippen LogP contribution is -2.38. The molecule has 7 nitrogen and oxygen atoms in total. The molecule has 0 N–H and O–H groups in total. The molecule has 2 heterocycles. The molecule has 0 saturated carbocycles. The SMILES string of the molecule is CN(c1ccccc1)c1cc(C(=O)N(C)C2CCS(=O)(=O)C2)ncn1. The van der Waals surface area contributed by atoms with E-state index in [1.54, 1.807) is 13.1 Å². The lowest BCUT2D eigenvalue weighted by molar-refractivity contribution is 0.0741. The van der Waals surface area contributed by atoms with Crippen molar-refractivity contribution in [3.05, 3.63) is 48.4 Å². The van der Waals surface area contributed by atoms with Crippen LogP contribution in [0.1, 0.15) is 16.9 Å². The van der Waals surface area contributed by atoms with Crippen molar-refractivity contribution < 1.29 is 13.2 Å². The number of anilines is 2. The Morgan fingerprint density at radius 1 is 1.16 bits per heavy atom. The van der Waals surface area contributed by atoms with E-state index in [1.165, 1.54) is 11.2 Å². The maximum Gasteiger partial charge on any atom is 0.272 e. The molecule has 1 aromatic heterocycles. The molecule has 0 radical (unpaired) electrons. The smallest absolute Gasteiger partial charge is 0.272 e. The first-order valence-electron chi connectivity index (χ1n) is 7.96. The summed E-state index contributed by atoms with van der Waals surface area (Å²) >= 11 is 0. The number of para-hydroxylation sites is 1. The Hall–Kier alpha value is -2.48. The third-order valence-electron chi connectivity index (χ3n) is 4.44. The van der Waals surface area contributed by atoms with Gasteiger partial charge in [-0.15, -0.1) is 0 Å². The van der Waals surface area contributed by atoms with Gasteiger partial charge < -0.3 is 9.80 Å². The minimum Gasteiger partial charge on any atom is -0.336 e. The number of carbonyl (C=O) groups excluding carboxylic acids is 1. The minimum atomic E-state index is -3.05. The maximum absolute atomic E-state index is 12.7. The van der Waals surface area contributed by atoms with Gasteiger partial charge in [-0.25, -0.2) is 18.4 Å². The molecule has 1 aliphatic heterocycles. The zero-order valence-electron chi connectivity index (χ0n) is 14.2. The maximum atomic E-state index is 12.7. The van der Waals surface area contributed by atoms with Crippen molar-refractivity contribution in [1.29, 1.82) is 0 Å². The topological polar surface area (TPSA) is 83.5 Å². The molecule has 1 unspecified atom stereocenters. The van der Waals surface area contributed by atoms with Crippen LogP contribution in [0, 0.1) is 0 Å². The van der Waals surface area contributed by atoms with Gasteiger partial charge in [-0.05, 0) is 18.6 Å². The molecular formula is C17H20N4O3S. The van der Waals surface area contributed by atoms with Crippen molar-refractivity contribution in [3.8, 4) is 0 Å². The molecule has 0 spiro atoms. The summed E-state index contributed by atoms with van der Waals surface area (Å²) < 4.78 is 23.3. The van der Waals surface area contributed by atoms with E-state index in [9.17, 15) is 13.2 Å². The highest BCUT2D eigenvalue weighted by atomic mass is 32.2. The van der Waals surface area contributed by atoms with Crippen LogP contribution in [-0.2, 0) is 9.84 Å². The van der Waals surface area contributed by atoms with E-state index in [-0.39, 0.29) is 29.1 Å². The van der Waals surface area contributed by atoms with E-state index in [1.807, 2.05) is 42.3 Å². The largest absolute Gasteiger partial charge is 0.336 e. The van der Waals surface area contributed by atoms with Crippen molar-refractivity contribution in [2.24, 2.45) is 0 Å². The minimum absolute atomic E-state index is 0.0110. The fraction of sp³-hybridized carbons (Fsp3) is 0.353. The van der Waals surface area contributed by atoms with Crippen LogP contribution in [0.4, 0.5) is 11.5 Å². The number of amides is 1. The Bertz CT molecular complexity index is 870. The van der Waals surface area contributed by atoms with E-state index in [0.29, 0.717) is 12.2 Å². The van der Waals surface area contributed by atoms with Crippen molar-refractivity contribution in [2.45, 2.75) is 12.5 Å². The van der Waals surface area contributed by atoms with Gasteiger partial charge >= 0.3 is 0 Å². The van der Waals surface area contributed by atoms with Crippen LogP contribution in [-0.4, -0.2) is 60.8 Å². The molecule has 0 aliphatic carbocycles. The zero-order chi connectivity index (χ0) is 18.0. The fourth-order valence-corrected chi connectivity index (χ4v) is 4.63. The molecule has 132 valence electrons. The Labute approximate surface area is 147 Å². The first-order chi connectivity index (χ1) is 11.9. The summed E-state index contributed by atoms with van der Waals surface area (Å²) in [6.07, 6.45) is 1.81. The second-order valence-corrected chi connectivity index (χ2v) is 8.36. The number of rotatable bonds is 4. The van der Waals surface area contributed by atoms with Crippen molar-refractivity contribution >= 4 is 27.2 Å². The summed E-state index contributed by atoms with van der Waals surface area (Å²) in [5, 5.41) is 0. The number of hydrogen-bond acceptors (Lipinski definition) is 6. The van der Waals surface area contributed by atoms with Crippen molar-refractivity contribution in [3.63, 3.8) is 0 Å². The molecule has 1 fully saturated rings.